The second-order valence-electron chi connectivity index (χ2n) is 4.33. The van der Waals surface area contributed by atoms with Crippen LogP contribution in [0.1, 0.15) is 37.2 Å². The normalized spacial score (nSPS) is 11.2. The predicted molar refractivity (Wildman–Crippen MR) is 55.1 cm³/mol. The van der Waals surface area contributed by atoms with Crippen molar-refractivity contribution in [1.82, 2.24) is 20.5 Å². The minimum atomic E-state index is -1.11. The molecule has 0 bridgehead atoms. The van der Waals surface area contributed by atoms with Crippen LogP contribution in [0.4, 0.5) is 0 Å². The zero-order valence-corrected chi connectivity index (χ0v) is 9.37. The van der Waals surface area contributed by atoms with Crippen molar-refractivity contribution in [2.75, 3.05) is 6.54 Å². The third kappa shape index (κ3) is 3.04. The summed E-state index contributed by atoms with van der Waals surface area (Å²) in [5.74, 6) is -1.19. The van der Waals surface area contributed by atoms with E-state index < -0.39 is 18.4 Å². The first-order chi connectivity index (χ1) is 7.30. The molecule has 0 radical (unpaired) electrons. The summed E-state index contributed by atoms with van der Waals surface area (Å²) in [5, 5.41) is 16.9. The molecule has 0 aliphatic carbocycles. The minimum Gasteiger partial charge on any atom is -0.480 e. The quantitative estimate of drug-likeness (QED) is 0.667. The van der Waals surface area contributed by atoms with Crippen molar-refractivity contribution in [2.45, 2.75) is 26.2 Å². The van der Waals surface area contributed by atoms with Crippen molar-refractivity contribution in [2.24, 2.45) is 0 Å². The van der Waals surface area contributed by atoms with Crippen molar-refractivity contribution >= 4 is 11.9 Å². The van der Waals surface area contributed by atoms with Gasteiger partial charge in [-0.1, -0.05) is 20.8 Å². The second kappa shape index (κ2) is 4.30. The Morgan fingerprint density at radius 3 is 2.50 bits per heavy atom. The van der Waals surface area contributed by atoms with Gasteiger partial charge in [0, 0.05) is 5.41 Å². The molecule has 0 fully saturated rings. The molecule has 7 nitrogen and oxygen atoms in total. The van der Waals surface area contributed by atoms with E-state index in [0.717, 1.165) is 0 Å². The molecule has 88 valence electrons. The van der Waals surface area contributed by atoms with E-state index >= 15 is 0 Å². The average Bonchev–Trinajstić information content (AvgIpc) is 2.61. The number of H-pyrrole nitrogens is 1. The first-order valence-electron chi connectivity index (χ1n) is 4.73. The van der Waals surface area contributed by atoms with Crippen molar-refractivity contribution in [3.63, 3.8) is 0 Å². The summed E-state index contributed by atoms with van der Waals surface area (Å²) in [6, 6.07) is 0. The summed E-state index contributed by atoms with van der Waals surface area (Å²) in [4.78, 5) is 25.6. The third-order valence-corrected chi connectivity index (χ3v) is 1.80. The van der Waals surface area contributed by atoms with Gasteiger partial charge in [0.1, 0.15) is 12.4 Å². The highest BCUT2D eigenvalue weighted by molar-refractivity contribution is 5.92. The fourth-order valence-corrected chi connectivity index (χ4v) is 0.934. The number of carbonyl (C=O) groups is 2. The second-order valence-corrected chi connectivity index (χ2v) is 4.33. The Morgan fingerprint density at radius 2 is 2.06 bits per heavy atom. The van der Waals surface area contributed by atoms with E-state index in [4.69, 9.17) is 5.11 Å². The Bertz CT molecular complexity index is 405. The first-order valence-corrected chi connectivity index (χ1v) is 4.73. The molecule has 3 N–H and O–H groups in total. The number of carbonyl (C=O) groups excluding carboxylic acids is 1. The van der Waals surface area contributed by atoms with Crippen LogP contribution < -0.4 is 5.32 Å². The van der Waals surface area contributed by atoms with E-state index in [1.54, 1.807) is 0 Å². The summed E-state index contributed by atoms with van der Waals surface area (Å²) in [6.45, 7) is 5.32. The predicted octanol–water partition coefficient (Wildman–Crippen LogP) is -0.0834. The molecular formula is C9H14N4O3. The number of aromatic nitrogens is 3. The van der Waals surface area contributed by atoms with Crippen LogP contribution in [-0.4, -0.2) is 38.7 Å². The summed E-state index contributed by atoms with van der Waals surface area (Å²) < 4.78 is 0. The molecule has 1 heterocycles. The fourth-order valence-electron chi connectivity index (χ4n) is 0.934. The molecule has 0 saturated heterocycles. The van der Waals surface area contributed by atoms with Gasteiger partial charge < -0.3 is 10.4 Å². The summed E-state index contributed by atoms with van der Waals surface area (Å²) >= 11 is 0. The van der Waals surface area contributed by atoms with Gasteiger partial charge in [0.25, 0.3) is 5.91 Å². The Labute approximate surface area is 92.3 Å². The number of hydrogen-bond acceptors (Lipinski definition) is 4. The fraction of sp³-hybridized carbons (Fsp3) is 0.556. The molecule has 1 rings (SSSR count). The monoisotopic (exact) mass is 226 g/mol. The molecule has 0 aromatic carbocycles. The third-order valence-electron chi connectivity index (χ3n) is 1.80. The number of aliphatic carboxylic acids is 1. The van der Waals surface area contributed by atoms with Gasteiger partial charge in [0.15, 0.2) is 0 Å². The Hall–Kier alpha value is -1.92. The summed E-state index contributed by atoms with van der Waals surface area (Å²) in [5.41, 5.74) is -0.238. The Kier molecular flexibility index (Phi) is 3.26. The molecule has 0 aliphatic heterocycles. The lowest BCUT2D eigenvalue weighted by Gasteiger charge is -2.12. The van der Waals surface area contributed by atoms with Gasteiger partial charge in [-0.25, -0.2) is 4.98 Å². The summed E-state index contributed by atoms with van der Waals surface area (Å²) in [7, 11) is 0. The number of hydrogen-bond donors (Lipinski definition) is 3. The van der Waals surface area contributed by atoms with E-state index in [0.29, 0.717) is 5.82 Å². The SMILES string of the molecule is CC(C)(C)c1nc(C(=O)NCC(=O)O)n[nH]1. The van der Waals surface area contributed by atoms with Gasteiger partial charge in [-0.2, -0.15) is 0 Å². The average molecular weight is 226 g/mol. The number of carboxylic acids is 1. The largest absolute Gasteiger partial charge is 0.480 e. The lowest BCUT2D eigenvalue weighted by molar-refractivity contribution is -0.135. The lowest BCUT2D eigenvalue weighted by Crippen LogP contribution is -2.30. The maximum atomic E-state index is 11.4. The molecule has 0 unspecified atom stereocenters. The van der Waals surface area contributed by atoms with E-state index in [-0.39, 0.29) is 11.2 Å². The van der Waals surface area contributed by atoms with E-state index in [2.05, 4.69) is 20.5 Å². The topological polar surface area (TPSA) is 108 Å². The molecular weight excluding hydrogens is 212 g/mol. The molecule has 1 aromatic rings. The standard InChI is InChI=1S/C9H14N4O3/c1-9(2,3)8-11-6(12-13-8)7(16)10-4-5(14)15/h4H2,1-3H3,(H,10,16)(H,14,15)(H,11,12,13). The van der Waals surface area contributed by atoms with E-state index in [1.165, 1.54) is 0 Å². The van der Waals surface area contributed by atoms with Crippen LogP contribution in [0.25, 0.3) is 0 Å². The van der Waals surface area contributed by atoms with Crippen LogP contribution in [0.3, 0.4) is 0 Å². The zero-order valence-electron chi connectivity index (χ0n) is 9.37. The molecule has 0 saturated carbocycles. The number of carboxylic acid groups (broad SMARTS) is 1. The van der Waals surface area contributed by atoms with Crippen molar-refractivity contribution < 1.29 is 14.7 Å². The summed E-state index contributed by atoms with van der Waals surface area (Å²) in [6.07, 6.45) is 0. The zero-order chi connectivity index (χ0) is 12.3. The lowest BCUT2D eigenvalue weighted by atomic mass is 9.96. The number of rotatable bonds is 3. The van der Waals surface area contributed by atoms with Crippen molar-refractivity contribution in [3.8, 4) is 0 Å². The van der Waals surface area contributed by atoms with Crippen LogP contribution in [0, 0.1) is 0 Å². The smallest absolute Gasteiger partial charge is 0.322 e. The van der Waals surface area contributed by atoms with Crippen molar-refractivity contribution in [1.29, 1.82) is 0 Å². The molecule has 0 atom stereocenters. The number of aromatic amines is 1. The van der Waals surface area contributed by atoms with Gasteiger partial charge in [0.2, 0.25) is 5.82 Å². The maximum Gasteiger partial charge on any atom is 0.322 e. The minimum absolute atomic E-state index is 0.0498. The number of nitrogens with zero attached hydrogens (tertiary/aromatic N) is 2. The molecule has 0 spiro atoms. The molecule has 0 aliphatic rings. The number of nitrogens with one attached hydrogen (secondary N) is 2. The molecule has 7 heteroatoms. The van der Waals surface area contributed by atoms with Gasteiger partial charge >= 0.3 is 5.97 Å². The highest BCUT2D eigenvalue weighted by atomic mass is 16.4. The van der Waals surface area contributed by atoms with Gasteiger partial charge in [-0.3, -0.25) is 14.7 Å². The maximum absolute atomic E-state index is 11.4. The van der Waals surface area contributed by atoms with E-state index in [9.17, 15) is 9.59 Å². The van der Waals surface area contributed by atoms with Gasteiger partial charge in [0.05, 0.1) is 0 Å². The first kappa shape index (κ1) is 12.2. The Balaban J connectivity index is 2.71. The molecule has 16 heavy (non-hydrogen) atoms. The van der Waals surface area contributed by atoms with Gasteiger partial charge in [-0.15, -0.1) is 5.10 Å². The van der Waals surface area contributed by atoms with Crippen LogP contribution in [-0.2, 0) is 10.2 Å². The highest BCUT2D eigenvalue weighted by Gasteiger charge is 2.21. The molecule has 1 aromatic heterocycles. The van der Waals surface area contributed by atoms with Crippen molar-refractivity contribution in [3.05, 3.63) is 11.6 Å². The Morgan fingerprint density at radius 1 is 1.44 bits per heavy atom. The van der Waals surface area contributed by atoms with Crippen LogP contribution in [0.2, 0.25) is 0 Å². The van der Waals surface area contributed by atoms with Crippen LogP contribution in [0.15, 0.2) is 0 Å². The van der Waals surface area contributed by atoms with Crippen LogP contribution in [0.5, 0.6) is 0 Å². The van der Waals surface area contributed by atoms with Crippen LogP contribution >= 0.6 is 0 Å². The van der Waals surface area contributed by atoms with E-state index in [1.807, 2.05) is 20.8 Å². The molecule has 1 amide bonds. The number of amides is 1. The highest BCUT2D eigenvalue weighted by Crippen LogP contribution is 2.17. The van der Waals surface area contributed by atoms with Gasteiger partial charge in [-0.05, 0) is 0 Å².